The van der Waals surface area contributed by atoms with Gasteiger partial charge in [-0.3, -0.25) is 9.69 Å². The molecule has 0 aliphatic rings. The highest BCUT2D eigenvalue weighted by Crippen LogP contribution is 2.24. The molecule has 1 N–H and O–H groups in total. The van der Waals surface area contributed by atoms with Crippen LogP contribution in [-0.2, 0) is 11.3 Å². The zero-order valence-electron chi connectivity index (χ0n) is 12.3. The van der Waals surface area contributed by atoms with E-state index in [1.54, 1.807) is 0 Å². The molecule has 1 aromatic carbocycles. The van der Waals surface area contributed by atoms with Gasteiger partial charge in [-0.15, -0.1) is 0 Å². The number of hydrogen-bond acceptors (Lipinski definition) is 3. The molecule has 0 amide bonds. The van der Waals surface area contributed by atoms with Gasteiger partial charge >= 0.3 is 5.97 Å². The maximum atomic E-state index is 10.9. The molecular weight excluding hydrogens is 254 g/mol. The van der Waals surface area contributed by atoms with Gasteiger partial charge in [0, 0.05) is 5.39 Å². The van der Waals surface area contributed by atoms with E-state index in [2.05, 4.69) is 19.9 Å². The lowest BCUT2D eigenvalue weighted by atomic mass is 10.1. The SMILES string of the molecule is CCCN(CC(=O)O)Cc1cc2cc(C)c(C)cc2o1. The minimum atomic E-state index is -0.804. The number of rotatable bonds is 6. The molecule has 0 saturated heterocycles. The monoisotopic (exact) mass is 275 g/mol. The molecule has 4 nitrogen and oxygen atoms in total. The van der Waals surface area contributed by atoms with Crippen LogP contribution in [0.5, 0.6) is 0 Å². The summed E-state index contributed by atoms with van der Waals surface area (Å²) in [5.74, 6) is 0.0148. The van der Waals surface area contributed by atoms with Crippen LogP contribution in [0.25, 0.3) is 11.0 Å². The van der Waals surface area contributed by atoms with E-state index in [0.29, 0.717) is 6.54 Å². The van der Waals surface area contributed by atoms with Crippen LogP contribution in [-0.4, -0.2) is 29.1 Å². The highest BCUT2D eigenvalue weighted by atomic mass is 16.4. The van der Waals surface area contributed by atoms with Gasteiger partial charge < -0.3 is 9.52 Å². The van der Waals surface area contributed by atoms with Crippen molar-refractivity contribution < 1.29 is 14.3 Å². The maximum absolute atomic E-state index is 10.9. The Morgan fingerprint density at radius 1 is 1.25 bits per heavy atom. The number of aliphatic carboxylic acids is 1. The van der Waals surface area contributed by atoms with Gasteiger partial charge in [0.25, 0.3) is 0 Å². The Labute approximate surface area is 119 Å². The van der Waals surface area contributed by atoms with Gasteiger partial charge in [0.05, 0.1) is 13.1 Å². The number of hydrogen-bond donors (Lipinski definition) is 1. The van der Waals surface area contributed by atoms with Crippen molar-refractivity contribution >= 4 is 16.9 Å². The molecule has 0 spiro atoms. The zero-order chi connectivity index (χ0) is 14.7. The van der Waals surface area contributed by atoms with Crippen LogP contribution in [0.15, 0.2) is 22.6 Å². The summed E-state index contributed by atoms with van der Waals surface area (Å²) in [6.07, 6.45) is 0.922. The minimum Gasteiger partial charge on any atom is -0.480 e. The fourth-order valence-corrected chi connectivity index (χ4v) is 2.38. The van der Waals surface area contributed by atoms with Crippen molar-refractivity contribution in [3.8, 4) is 0 Å². The molecule has 0 bridgehead atoms. The summed E-state index contributed by atoms with van der Waals surface area (Å²) in [6.45, 7) is 7.51. The highest BCUT2D eigenvalue weighted by Gasteiger charge is 2.13. The summed E-state index contributed by atoms with van der Waals surface area (Å²) >= 11 is 0. The number of fused-ring (bicyclic) bond motifs is 1. The average Bonchev–Trinajstić information content (AvgIpc) is 2.70. The third-order valence-electron chi connectivity index (χ3n) is 3.46. The summed E-state index contributed by atoms with van der Waals surface area (Å²) in [4.78, 5) is 12.8. The van der Waals surface area contributed by atoms with Gasteiger partial charge in [-0.2, -0.15) is 0 Å². The predicted octanol–water partition coefficient (Wildman–Crippen LogP) is 3.35. The smallest absolute Gasteiger partial charge is 0.317 e. The molecule has 0 radical (unpaired) electrons. The summed E-state index contributed by atoms with van der Waals surface area (Å²) in [6, 6.07) is 6.15. The molecule has 2 rings (SSSR count). The molecule has 108 valence electrons. The van der Waals surface area contributed by atoms with Crippen LogP contribution < -0.4 is 0 Å². The van der Waals surface area contributed by atoms with Gasteiger partial charge in [0.2, 0.25) is 0 Å². The number of carboxylic acids is 1. The predicted molar refractivity (Wildman–Crippen MR) is 78.9 cm³/mol. The summed E-state index contributed by atoms with van der Waals surface area (Å²) in [7, 11) is 0. The molecule has 4 heteroatoms. The summed E-state index contributed by atoms with van der Waals surface area (Å²) in [5, 5.41) is 10.0. The minimum absolute atomic E-state index is 0.0446. The van der Waals surface area contributed by atoms with Gasteiger partial charge in [0.15, 0.2) is 0 Å². The lowest BCUT2D eigenvalue weighted by Crippen LogP contribution is -2.29. The first-order chi connectivity index (χ1) is 9.49. The first-order valence-corrected chi connectivity index (χ1v) is 6.93. The lowest BCUT2D eigenvalue weighted by Gasteiger charge is -2.17. The number of nitrogens with zero attached hydrogens (tertiary/aromatic N) is 1. The van der Waals surface area contributed by atoms with E-state index in [-0.39, 0.29) is 6.54 Å². The Morgan fingerprint density at radius 2 is 1.95 bits per heavy atom. The summed E-state index contributed by atoms with van der Waals surface area (Å²) < 4.78 is 5.83. The number of furan rings is 1. The van der Waals surface area contributed by atoms with Crippen molar-refractivity contribution in [1.29, 1.82) is 0 Å². The van der Waals surface area contributed by atoms with Crippen LogP contribution in [0.4, 0.5) is 0 Å². The van der Waals surface area contributed by atoms with E-state index in [9.17, 15) is 4.79 Å². The second-order valence-electron chi connectivity index (χ2n) is 5.29. The highest BCUT2D eigenvalue weighted by molar-refractivity contribution is 5.79. The van der Waals surface area contributed by atoms with Gasteiger partial charge in [-0.25, -0.2) is 0 Å². The molecule has 0 fully saturated rings. The Kier molecular flexibility index (Phi) is 4.45. The van der Waals surface area contributed by atoms with Crippen molar-refractivity contribution in [1.82, 2.24) is 4.90 Å². The van der Waals surface area contributed by atoms with E-state index >= 15 is 0 Å². The molecule has 0 saturated carbocycles. The van der Waals surface area contributed by atoms with E-state index in [4.69, 9.17) is 9.52 Å². The Hall–Kier alpha value is -1.81. The fraction of sp³-hybridized carbons (Fsp3) is 0.438. The third-order valence-corrected chi connectivity index (χ3v) is 3.46. The maximum Gasteiger partial charge on any atom is 0.317 e. The second-order valence-corrected chi connectivity index (χ2v) is 5.29. The number of aryl methyl sites for hydroxylation is 2. The molecule has 0 atom stereocenters. The van der Waals surface area contributed by atoms with Crippen molar-refractivity contribution in [2.75, 3.05) is 13.1 Å². The summed E-state index contributed by atoms with van der Waals surface area (Å²) in [5.41, 5.74) is 3.31. The van der Waals surface area contributed by atoms with E-state index in [0.717, 1.165) is 29.7 Å². The van der Waals surface area contributed by atoms with Crippen molar-refractivity contribution in [2.24, 2.45) is 0 Å². The quantitative estimate of drug-likeness (QED) is 0.878. The van der Waals surface area contributed by atoms with Crippen molar-refractivity contribution in [3.05, 3.63) is 35.1 Å². The van der Waals surface area contributed by atoms with E-state index < -0.39 is 5.97 Å². The Bertz CT molecular complexity index is 576. The number of carboxylic acid groups (broad SMARTS) is 1. The first kappa shape index (κ1) is 14.6. The molecule has 1 aromatic heterocycles. The van der Waals surface area contributed by atoms with Gasteiger partial charge in [-0.1, -0.05) is 6.92 Å². The van der Waals surface area contributed by atoms with Crippen molar-refractivity contribution in [3.63, 3.8) is 0 Å². The standard InChI is InChI=1S/C16H21NO3/c1-4-5-17(10-16(18)19)9-14-8-13-6-11(2)12(3)7-15(13)20-14/h6-8H,4-5,9-10H2,1-3H3,(H,18,19). The number of benzene rings is 1. The molecule has 1 heterocycles. The van der Waals surface area contributed by atoms with Gasteiger partial charge in [-0.05, 0) is 56.1 Å². The molecule has 0 aliphatic heterocycles. The number of carbonyl (C=O) groups is 1. The Balaban J connectivity index is 2.21. The van der Waals surface area contributed by atoms with Crippen LogP contribution in [0.1, 0.15) is 30.2 Å². The van der Waals surface area contributed by atoms with Crippen molar-refractivity contribution in [2.45, 2.75) is 33.7 Å². The normalized spacial score (nSPS) is 11.4. The Morgan fingerprint density at radius 3 is 2.60 bits per heavy atom. The lowest BCUT2D eigenvalue weighted by molar-refractivity contribution is -0.138. The fourth-order valence-electron chi connectivity index (χ4n) is 2.38. The molecule has 20 heavy (non-hydrogen) atoms. The topological polar surface area (TPSA) is 53.7 Å². The van der Waals surface area contributed by atoms with Crippen LogP contribution in [0, 0.1) is 13.8 Å². The average molecular weight is 275 g/mol. The van der Waals surface area contributed by atoms with Gasteiger partial charge in [0.1, 0.15) is 11.3 Å². The van der Waals surface area contributed by atoms with E-state index in [1.165, 1.54) is 11.1 Å². The van der Waals surface area contributed by atoms with Crippen LogP contribution >= 0.6 is 0 Å². The molecule has 0 unspecified atom stereocenters. The first-order valence-electron chi connectivity index (χ1n) is 6.93. The molecule has 2 aromatic rings. The molecular formula is C16H21NO3. The second kappa shape index (κ2) is 6.09. The van der Waals surface area contributed by atoms with Crippen LogP contribution in [0.3, 0.4) is 0 Å². The van der Waals surface area contributed by atoms with Crippen LogP contribution in [0.2, 0.25) is 0 Å². The zero-order valence-corrected chi connectivity index (χ0v) is 12.3. The van der Waals surface area contributed by atoms with E-state index in [1.807, 2.05) is 24.0 Å². The third kappa shape index (κ3) is 3.39. The molecule has 0 aliphatic carbocycles. The largest absolute Gasteiger partial charge is 0.480 e.